The number of piperidine rings is 1. The molecule has 0 aromatic heterocycles. The van der Waals surface area contributed by atoms with Crippen LogP contribution in [-0.2, 0) is 4.74 Å². The zero-order valence-electron chi connectivity index (χ0n) is 12.2. The predicted octanol–water partition coefficient (Wildman–Crippen LogP) is 1.97. The maximum absolute atomic E-state index is 12.1. The second-order valence-corrected chi connectivity index (χ2v) is 6.33. The second kappa shape index (κ2) is 5.82. The average Bonchev–Trinajstić information content (AvgIpc) is 2.80. The first kappa shape index (κ1) is 14.2. The molecule has 2 aliphatic heterocycles. The van der Waals surface area contributed by atoms with Crippen molar-refractivity contribution in [1.82, 2.24) is 15.3 Å². The number of hydrogen-bond donors (Lipinski definition) is 1. The molecule has 19 heavy (non-hydrogen) atoms. The number of hydrazine groups is 1. The van der Waals surface area contributed by atoms with Crippen molar-refractivity contribution in [3.63, 3.8) is 0 Å². The van der Waals surface area contributed by atoms with Crippen molar-refractivity contribution in [1.29, 1.82) is 0 Å². The molecule has 0 spiro atoms. The van der Waals surface area contributed by atoms with Gasteiger partial charge >= 0.3 is 6.09 Å². The monoisotopic (exact) mass is 267 g/mol. The molecular formula is C14H25N3O2. The van der Waals surface area contributed by atoms with Crippen molar-refractivity contribution in [3.8, 4) is 0 Å². The lowest BCUT2D eigenvalue weighted by atomic mass is 9.98. The third-order valence-corrected chi connectivity index (χ3v) is 3.32. The van der Waals surface area contributed by atoms with E-state index in [1.54, 1.807) is 0 Å². The van der Waals surface area contributed by atoms with Crippen molar-refractivity contribution in [3.05, 3.63) is 12.3 Å². The Labute approximate surface area is 115 Å². The van der Waals surface area contributed by atoms with Gasteiger partial charge in [0.25, 0.3) is 0 Å². The van der Waals surface area contributed by atoms with E-state index in [-0.39, 0.29) is 6.09 Å². The third-order valence-electron chi connectivity index (χ3n) is 3.32. The molecule has 0 saturated carbocycles. The van der Waals surface area contributed by atoms with Gasteiger partial charge in [-0.3, -0.25) is 0 Å². The Morgan fingerprint density at radius 2 is 2.26 bits per heavy atom. The normalized spacial score (nSPS) is 23.8. The van der Waals surface area contributed by atoms with Crippen LogP contribution in [0.3, 0.4) is 0 Å². The van der Waals surface area contributed by atoms with Gasteiger partial charge in [-0.1, -0.05) is 6.08 Å². The number of nitrogens with zero attached hydrogens (tertiary/aromatic N) is 2. The van der Waals surface area contributed by atoms with Gasteiger partial charge in [0.1, 0.15) is 5.60 Å². The minimum Gasteiger partial charge on any atom is -0.444 e. The summed E-state index contributed by atoms with van der Waals surface area (Å²) in [5, 5.41) is 2.11. The van der Waals surface area contributed by atoms with Crippen molar-refractivity contribution in [2.75, 3.05) is 26.2 Å². The van der Waals surface area contributed by atoms with E-state index in [1.165, 1.54) is 6.42 Å². The van der Waals surface area contributed by atoms with Crippen LogP contribution in [0, 0.1) is 5.92 Å². The van der Waals surface area contributed by atoms with Crippen LogP contribution in [0.2, 0.25) is 0 Å². The lowest BCUT2D eigenvalue weighted by molar-refractivity contribution is 0.0147. The fraction of sp³-hybridized carbons (Fsp3) is 0.786. The SMILES string of the molecule is CC(C)(C)OC(=O)N1CCCC(CN2C=CCN2)C1. The minimum absolute atomic E-state index is 0.179. The van der Waals surface area contributed by atoms with E-state index in [1.807, 2.05) is 25.7 Å². The van der Waals surface area contributed by atoms with Crippen LogP contribution in [0.25, 0.3) is 0 Å². The highest BCUT2D eigenvalue weighted by molar-refractivity contribution is 5.68. The Bertz CT molecular complexity index is 349. The van der Waals surface area contributed by atoms with Gasteiger partial charge in [0.05, 0.1) is 0 Å². The van der Waals surface area contributed by atoms with Gasteiger partial charge in [0.2, 0.25) is 0 Å². The maximum atomic E-state index is 12.1. The summed E-state index contributed by atoms with van der Waals surface area (Å²) >= 11 is 0. The maximum Gasteiger partial charge on any atom is 0.410 e. The number of carbonyl (C=O) groups excluding carboxylic acids is 1. The topological polar surface area (TPSA) is 44.8 Å². The number of amides is 1. The van der Waals surface area contributed by atoms with Crippen LogP contribution in [-0.4, -0.2) is 47.8 Å². The summed E-state index contributed by atoms with van der Waals surface area (Å²) in [4.78, 5) is 13.9. The van der Waals surface area contributed by atoms with Crippen LogP contribution < -0.4 is 5.43 Å². The third kappa shape index (κ3) is 4.42. The lowest BCUT2D eigenvalue weighted by Gasteiger charge is -2.35. The quantitative estimate of drug-likeness (QED) is 0.831. The van der Waals surface area contributed by atoms with Crippen LogP contribution in [0.1, 0.15) is 33.6 Å². The van der Waals surface area contributed by atoms with Gasteiger partial charge in [-0.15, -0.1) is 0 Å². The first-order chi connectivity index (χ1) is 8.94. The van der Waals surface area contributed by atoms with Gasteiger partial charge in [0.15, 0.2) is 0 Å². The number of carbonyl (C=O) groups is 1. The van der Waals surface area contributed by atoms with Crippen LogP contribution in [0.5, 0.6) is 0 Å². The van der Waals surface area contributed by atoms with Gasteiger partial charge in [-0.25, -0.2) is 10.2 Å². The predicted molar refractivity (Wildman–Crippen MR) is 74.4 cm³/mol. The molecule has 0 bridgehead atoms. The Hall–Kier alpha value is -1.23. The number of likely N-dealkylation sites (tertiary alicyclic amines) is 1. The number of hydrogen-bond acceptors (Lipinski definition) is 4. The van der Waals surface area contributed by atoms with Crippen molar-refractivity contribution < 1.29 is 9.53 Å². The van der Waals surface area contributed by atoms with E-state index in [4.69, 9.17) is 4.74 Å². The molecule has 1 unspecified atom stereocenters. The number of rotatable bonds is 2. The molecule has 5 nitrogen and oxygen atoms in total. The van der Waals surface area contributed by atoms with Crippen LogP contribution in [0.15, 0.2) is 12.3 Å². The van der Waals surface area contributed by atoms with E-state index in [2.05, 4.69) is 22.7 Å². The first-order valence-electron chi connectivity index (χ1n) is 7.09. The summed E-state index contributed by atoms with van der Waals surface area (Å²) in [6.07, 6.45) is 6.23. The molecule has 1 amide bonds. The fourth-order valence-electron chi connectivity index (χ4n) is 2.51. The van der Waals surface area contributed by atoms with Crippen molar-refractivity contribution >= 4 is 6.09 Å². The van der Waals surface area contributed by atoms with Crippen LogP contribution in [0.4, 0.5) is 4.79 Å². The molecule has 2 aliphatic rings. The Morgan fingerprint density at radius 1 is 1.47 bits per heavy atom. The van der Waals surface area contributed by atoms with E-state index in [0.717, 1.165) is 32.6 Å². The first-order valence-corrected chi connectivity index (χ1v) is 7.09. The van der Waals surface area contributed by atoms with E-state index < -0.39 is 5.60 Å². The highest BCUT2D eigenvalue weighted by Crippen LogP contribution is 2.20. The molecule has 0 aromatic carbocycles. The summed E-state index contributed by atoms with van der Waals surface area (Å²) in [7, 11) is 0. The number of nitrogens with one attached hydrogen (secondary N) is 1. The van der Waals surface area contributed by atoms with E-state index in [0.29, 0.717) is 5.92 Å². The van der Waals surface area contributed by atoms with E-state index in [9.17, 15) is 4.79 Å². The Balaban J connectivity index is 1.82. The molecule has 2 rings (SSSR count). The Morgan fingerprint density at radius 3 is 2.89 bits per heavy atom. The van der Waals surface area contributed by atoms with Gasteiger partial charge in [0, 0.05) is 32.4 Å². The molecule has 1 N–H and O–H groups in total. The molecular weight excluding hydrogens is 242 g/mol. The van der Waals surface area contributed by atoms with E-state index >= 15 is 0 Å². The molecule has 1 atom stereocenters. The summed E-state index contributed by atoms with van der Waals surface area (Å²) in [6.45, 7) is 9.19. The van der Waals surface area contributed by atoms with Gasteiger partial charge in [-0.05, 0) is 39.5 Å². The molecule has 0 aliphatic carbocycles. The van der Waals surface area contributed by atoms with Crippen molar-refractivity contribution in [2.45, 2.75) is 39.2 Å². The summed E-state index contributed by atoms with van der Waals surface area (Å²) < 4.78 is 5.44. The number of ether oxygens (including phenoxy) is 1. The zero-order chi connectivity index (χ0) is 13.9. The van der Waals surface area contributed by atoms with Crippen LogP contribution >= 0.6 is 0 Å². The molecule has 1 fully saturated rings. The molecule has 108 valence electrons. The fourth-order valence-corrected chi connectivity index (χ4v) is 2.51. The highest BCUT2D eigenvalue weighted by Gasteiger charge is 2.28. The summed E-state index contributed by atoms with van der Waals surface area (Å²) in [6, 6.07) is 0. The molecule has 2 heterocycles. The zero-order valence-corrected chi connectivity index (χ0v) is 12.2. The average molecular weight is 267 g/mol. The van der Waals surface area contributed by atoms with Gasteiger partial charge in [-0.2, -0.15) is 0 Å². The highest BCUT2D eigenvalue weighted by atomic mass is 16.6. The molecule has 1 saturated heterocycles. The molecule has 0 aromatic rings. The Kier molecular flexibility index (Phi) is 4.34. The summed E-state index contributed by atoms with van der Waals surface area (Å²) in [5.41, 5.74) is 2.86. The van der Waals surface area contributed by atoms with Crippen molar-refractivity contribution in [2.24, 2.45) is 5.92 Å². The standard InChI is InChI=1S/C14H25N3O2/c1-14(2,3)19-13(18)16-8-4-6-12(10-16)11-17-9-5-7-15-17/h5,9,12,15H,4,6-8,10-11H2,1-3H3. The summed E-state index contributed by atoms with van der Waals surface area (Å²) in [5.74, 6) is 0.511. The lowest BCUT2D eigenvalue weighted by Crippen LogP contribution is -2.46. The van der Waals surface area contributed by atoms with Gasteiger partial charge < -0.3 is 14.6 Å². The largest absolute Gasteiger partial charge is 0.444 e. The molecule has 5 heteroatoms. The molecule has 0 radical (unpaired) electrons. The minimum atomic E-state index is -0.413. The smallest absolute Gasteiger partial charge is 0.410 e. The second-order valence-electron chi connectivity index (χ2n) is 6.33.